The zero-order valence-corrected chi connectivity index (χ0v) is 11.3. The van der Waals surface area contributed by atoms with Gasteiger partial charge in [0.15, 0.2) is 5.03 Å². The van der Waals surface area contributed by atoms with Crippen LogP contribution in [0.2, 0.25) is 0 Å². The van der Waals surface area contributed by atoms with Crippen LogP contribution in [-0.2, 0) is 17.1 Å². The normalized spacial score (nSPS) is 11.5. The predicted octanol–water partition coefficient (Wildman–Crippen LogP) is 1.84. The zero-order valence-electron chi connectivity index (χ0n) is 10.5. The Hall–Kier alpha value is -1.82. The Morgan fingerprint density at radius 3 is 2.28 bits per heavy atom. The van der Waals surface area contributed by atoms with E-state index in [0.29, 0.717) is 5.69 Å². The first-order chi connectivity index (χ1) is 8.37. The third kappa shape index (κ3) is 2.70. The van der Waals surface area contributed by atoms with E-state index in [1.807, 2.05) is 19.9 Å². The maximum Gasteiger partial charge on any atom is 0.280 e. The number of nitrogens with one attached hydrogen (secondary N) is 1. The minimum atomic E-state index is -3.61. The number of hydrogen-bond donors (Lipinski definition) is 1. The molecule has 1 heterocycles. The number of imidazole rings is 1. The monoisotopic (exact) mass is 265 g/mol. The maximum atomic E-state index is 12.1. The van der Waals surface area contributed by atoms with Crippen LogP contribution in [0.15, 0.2) is 35.7 Å². The summed E-state index contributed by atoms with van der Waals surface area (Å²) in [5.74, 6) is 0. The molecule has 0 saturated heterocycles. The van der Waals surface area contributed by atoms with E-state index in [9.17, 15) is 8.42 Å². The van der Waals surface area contributed by atoms with Gasteiger partial charge in [-0.15, -0.1) is 0 Å². The van der Waals surface area contributed by atoms with Gasteiger partial charge in [0.2, 0.25) is 0 Å². The summed E-state index contributed by atoms with van der Waals surface area (Å²) in [4.78, 5) is 3.84. The van der Waals surface area contributed by atoms with Gasteiger partial charge in [-0.1, -0.05) is 6.07 Å². The van der Waals surface area contributed by atoms with Crippen molar-refractivity contribution in [2.45, 2.75) is 18.9 Å². The van der Waals surface area contributed by atoms with Crippen LogP contribution in [0.5, 0.6) is 0 Å². The van der Waals surface area contributed by atoms with Crippen molar-refractivity contribution in [3.63, 3.8) is 0 Å². The largest absolute Gasteiger partial charge is 0.339 e. The summed E-state index contributed by atoms with van der Waals surface area (Å²) in [6.07, 6.45) is 2.92. The predicted molar refractivity (Wildman–Crippen MR) is 69.9 cm³/mol. The second-order valence-corrected chi connectivity index (χ2v) is 5.99. The molecule has 96 valence electrons. The first-order valence-electron chi connectivity index (χ1n) is 5.46. The first kappa shape index (κ1) is 12.6. The van der Waals surface area contributed by atoms with Gasteiger partial charge < -0.3 is 4.57 Å². The Morgan fingerprint density at radius 1 is 1.17 bits per heavy atom. The number of aryl methyl sites for hydroxylation is 3. The van der Waals surface area contributed by atoms with Crippen molar-refractivity contribution >= 4 is 15.7 Å². The minimum absolute atomic E-state index is 0.0177. The van der Waals surface area contributed by atoms with E-state index < -0.39 is 10.0 Å². The molecule has 0 aliphatic carbocycles. The molecule has 0 atom stereocenters. The molecule has 0 amide bonds. The summed E-state index contributed by atoms with van der Waals surface area (Å²) in [7, 11) is -1.88. The van der Waals surface area contributed by atoms with Crippen LogP contribution in [0.4, 0.5) is 5.69 Å². The molecule has 6 heteroatoms. The van der Waals surface area contributed by atoms with Crippen LogP contribution < -0.4 is 4.72 Å². The fourth-order valence-electron chi connectivity index (χ4n) is 1.77. The number of sulfonamides is 1. The van der Waals surface area contributed by atoms with Crippen LogP contribution in [0.3, 0.4) is 0 Å². The third-order valence-electron chi connectivity index (χ3n) is 2.43. The second-order valence-electron chi connectivity index (χ2n) is 4.36. The van der Waals surface area contributed by atoms with Crippen LogP contribution in [-0.4, -0.2) is 18.0 Å². The second kappa shape index (κ2) is 4.45. The summed E-state index contributed by atoms with van der Waals surface area (Å²) in [5.41, 5.74) is 2.57. The molecular formula is C12H15N3O2S. The van der Waals surface area contributed by atoms with E-state index in [0.717, 1.165) is 11.1 Å². The van der Waals surface area contributed by atoms with E-state index >= 15 is 0 Å². The van der Waals surface area contributed by atoms with E-state index in [1.54, 1.807) is 23.7 Å². The van der Waals surface area contributed by atoms with E-state index in [1.165, 1.54) is 12.5 Å². The molecule has 0 radical (unpaired) electrons. The molecule has 0 aliphatic heterocycles. The van der Waals surface area contributed by atoms with Crippen LogP contribution in [0.25, 0.3) is 0 Å². The Bertz CT molecular complexity index is 654. The lowest BCUT2D eigenvalue weighted by atomic mass is 10.1. The Balaban J connectivity index is 2.33. The van der Waals surface area contributed by atoms with Crippen molar-refractivity contribution in [1.82, 2.24) is 9.55 Å². The van der Waals surface area contributed by atoms with Gasteiger partial charge in [0.25, 0.3) is 10.0 Å². The fourth-order valence-corrected chi connectivity index (χ4v) is 2.79. The van der Waals surface area contributed by atoms with Crippen LogP contribution in [0.1, 0.15) is 11.1 Å². The lowest BCUT2D eigenvalue weighted by molar-refractivity contribution is 0.598. The average Bonchev–Trinajstić information content (AvgIpc) is 2.62. The molecule has 0 aliphatic rings. The summed E-state index contributed by atoms with van der Waals surface area (Å²) in [5, 5.41) is 0.0177. The number of benzene rings is 1. The van der Waals surface area contributed by atoms with Gasteiger partial charge in [-0.05, 0) is 37.1 Å². The zero-order chi connectivity index (χ0) is 13.3. The minimum Gasteiger partial charge on any atom is -0.339 e. The molecule has 0 spiro atoms. The lowest BCUT2D eigenvalue weighted by Crippen LogP contribution is -2.13. The number of anilines is 1. The number of nitrogens with zero attached hydrogens (tertiary/aromatic N) is 2. The Kier molecular flexibility index (Phi) is 3.13. The molecule has 18 heavy (non-hydrogen) atoms. The maximum absolute atomic E-state index is 12.1. The van der Waals surface area contributed by atoms with Crippen LogP contribution >= 0.6 is 0 Å². The topological polar surface area (TPSA) is 64.0 Å². The van der Waals surface area contributed by atoms with E-state index in [2.05, 4.69) is 9.71 Å². The molecule has 1 N–H and O–H groups in total. The van der Waals surface area contributed by atoms with Crippen molar-refractivity contribution < 1.29 is 8.42 Å². The highest BCUT2D eigenvalue weighted by Gasteiger charge is 2.17. The average molecular weight is 265 g/mol. The highest BCUT2D eigenvalue weighted by atomic mass is 32.2. The van der Waals surface area contributed by atoms with Gasteiger partial charge in [-0.25, -0.2) is 4.98 Å². The standard InChI is InChI=1S/C12H15N3O2S/c1-9-4-10(2)6-11(5-9)14-18(16,17)12-7-15(3)8-13-12/h4-8,14H,1-3H3. The van der Waals surface area contributed by atoms with Crippen molar-refractivity contribution in [3.8, 4) is 0 Å². The summed E-state index contributed by atoms with van der Waals surface area (Å²) in [6.45, 7) is 3.84. The van der Waals surface area contributed by atoms with Gasteiger partial charge in [0, 0.05) is 18.9 Å². The van der Waals surface area contributed by atoms with Crippen molar-refractivity contribution in [2.75, 3.05) is 4.72 Å². The summed E-state index contributed by atoms with van der Waals surface area (Å²) < 4.78 is 28.2. The molecule has 0 bridgehead atoms. The van der Waals surface area contributed by atoms with Gasteiger partial charge in [-0.2, -0.15) is 8.42 Å². The molecule has 2 rings (SSSR count). The van der Waals surface area contributed by atoms with Gasteiger partial charge in [0.05, 0.1) is 6.33 Å². The van der Waals surface area contributed by atoms with Crippen LogP contribution in [0, 0.1) is 13.8 Å². The van der Waals surface area contributed by atoms with Crippen molar-refractivity contribution in [2.24, 2.45) is 7.05 Å². The van der Waals surface area contributed by atoms with Gasteiger partial charge in [0.1, 0.15) is 0 Å². The SMILES string of the molecule is Cc1cc(C)cc(NS(=O)(=O)c2cn(C)cn2)c1. The molecule has 0 fully saturated rings. The molecule has 0 saturated carbocycles. The number of rotatable bonds is 3. The third-order valence-corrected chi connectivity index (χ3v) is 3.70. The first-order valence-corrected chi connectivity index (χ1v) is 6.94. The number of hydrogen-bond acceptors (Lipinski definition) is 3. The molecule has 2 aromatic rings. The Labute approximate surface area is 107 Å². The fraction of sp³-hybridized carbons (Fsp3) is 0.250. The van der Waals surface area contributed by atoms with E-state index in [-0.39, 0.29) is 5.03 Å². The number of aromatic nitrogens is 2. The van der Waals surface area contributed by atoms with E-state index in [4.69, 9.17) is 0 Å². The lowest BCUT2D eigenvalue weighted by Gasteiger charge is -2.07. The van der Waals surface area contributed by atoms with Crippen molar-refractivity contribution in [3.05, 3.63) is 41.9 Å². The summed E-state index contributed by atoms with van der Waals surface area (Å²) in [6, 6.07) is 5.56. The molecular weight excluding hydrogens is 250 g/mol. The highest BCUT2D eigenvalue weighted by Crippen LogP contribution is 2.17. The smallest absolute Gasteiger partial charge is 0.280 e. The Morgan fingerprint density at radius 2 is 1.78 bits per heavy atom. The quantitative estimate of drug-likeness (QED) is 0.921. The molecule has 5 nitrogen and oxygen atoms in total. The molecule has 1 aromatic heterocycles. The van der Waals surface area contributed by atoms with Gasteiger partial charge in [-0.3, -0.25) is 4.72 Å². The van der Waals surface area contributed by atoms with Gasteiger partial charge >= 0.3 is 0 Å². The summed E-state index contributed by atoms with van der Waals surface area (Å²) >= 11 is 0. The molecule has 0 unspecified atom stereocenters. The molecule has 1 aromatic carbocycles. The highest BCUT2D eigenvalue weighted by molar-refractivity contribution is 7.92. The van der Waals surface area contributed by atoms with Crippen molar-refractivity contribution in [1.29, 1.82) is 0 Å².